The van der Waals surface area contributed by atoms with E-state index >= 15 is 0 Å². The lowest BCUT2D eigenvalue weighted by atomic mass is 10.0. The number of methoxy groups -OCH3 is 1. The van der Waals surface area contributed by atoms with Crippen molar-refractivity contribution < 1.29 is 19.1 Å². The number of ether oxygens (including phenoxy) is 2. The number of benzene rings is 2. The molecule has 2 heterocycles. The van der Waals surface area contributed by atoms with Crippen LogP contribution < -0.4 is 0 Å². The van der Waals surface area contributed by atoms with E-state index in [0.29, 0.717) is 28.0 Å². The van der Waals surface area contributed by atoms with Gasteiger partial charge in [0.15, 0.2) is 0 Å². The third-order valence-electron chi connectivity index (χ3n) is 4.67. The lowest BCUT2D eigenvalue weighted by molar-refractivity contribution is 0.0455. The molecule has 150 valence electrons. The van der Waals surface area contributed by atoms with E-state index in [4.69, 9.17) is 9.47 Å². The van der Waals surface area contributed by atoms with Crippen LogP contribution in [0.2, 0.25) is 0 Å². The first-order valence-electron chi connectivity index (χ1n) is 9.05. The largest absolute Gasteiger partial charge is 0.465 e. The summed E-state index contributed by atoms with van der Waals surface area (Å²) in [4.78, 5) is 29.4. The number of para-hydroxylation sites is 1. The Hall–Kier alpha value is -4.14. The summed E-state index contributed by atoms with van der Waals surface area (Å²) >= 11 is 0. The van der Waals surface area contributed by atoms with Gasteiger partial charge in [0.25, 0.3) is 0 Å². The van der Waals surface area contributed by atoms with Gasteiger partial charge in [-0.1, -0.05) is 18.2 Å². The lowest BCUT2D eigenvalue weighted by Gasteiger charge is -2.13. The van der Waals surface area contributed by atoms with Crippen LogP contribution in [-0.4, -0.2) is 44.2 Å². The van der Waals surface area contributed by atoms with Gasteiger partial charge in [-0.25, -0.2) is 19.3 Å². The van der Waals surface area contributed by atoms with Gasteiger partial charge in [-0.2, -0.15) is 0 Å². The Morgan fingerprint density at radius 2 is 1.80 bits per heavy atom. The molecule has 0 spiro atoms. The van der Waals surface area contributed by atoms with Crippen molar-refractivity contribution in [2.75, 3.05) is 7.11 Å². The van der Waals surface area contributed by atoms with Gasteiger partial charge in [0.2, 0.25) is 0 Å². The number of carbonyl (C=O) groups is 2. The number of pyridine rings is 1. The summed E-state index contributed by atoms with van der Waals surface area (Å²) < 4.78 is 11.8. The molecule has 0 aliphatic carbocycles. The molecular formula is C21H17N5O4. The predicted octanol–water partition coefficient (Wildman–Crippen LogP) is 2.66. The van der Waals surface area contributed by atoms with Crippen LogP contribution in [0.25, 0.3) is 16.6 Å². The highest BCUT2D eigenvalue weighted by Gasteiger charge is 2.20. The number of aryl methyl sites for hydroxylation is 1. The molecule has 0 bridgehead atoms. The SMILES string of the molecule is COC(=O)c1c(COC(=O)c2ccc(-n3cnnn3)cc2)nc2ccccc2c1C. The number of tetrazole rings is 1. The summed E-state index contributed by atoms with van der Waals surface area (Å²) in [6, 6.07) is 14.1. The predicted molar refractivity (Wildman–Crippen MR) is 106 cm³/mol. The van der Waals surface area contributed by atoms with E-state index in [9.17, 15) is 9.59 Å². The first-order valence-corrected chi connectivity index (χ1v) is 9.05. The molecule has 9 heteroatoms. The second-order valence-corrected chi connectivity index (χ2v) is 6.44. The number of nitrogens with zero attached hydrogens (tertiary/aromatic N) is 5. The maximum Gasteiger partial charge on any atom is 0.340 e. The number of hydrogen-bond donors (Lipinski definition) is 0. The van der Waals surface area contributed by atoms with Crippen molar-refractivity contribution in [3.63, 3.8) is 0 Å². The van der Waals surface area contributed by atoms with Gasteiger partial charge < -0.3 is 9.47 Å². The third-order valence-corrected chi connectivity index (χ3v) is 4.67. The van der Waals surface area contributed by atoms with Crippen LogP contribution in [0.3, 0.4) is 0 Å². The summed E-state index contributed by atoms with van der Waals surface area (Å²) in [6.07, 6.45) is 1.45. The second-order valence-electron chi connectivity index (χ2n) is 6.44. The zero-order valence-electron chi connectivity index (χ0n) is 16.3. The number of hydrogen-bond acceptors (Lipinski definition) is 8. The Kier molecular flexibility index (Phi) is 5.17. The number of esters is 2. The van der Waals surface area contributed by atoms with Gasteiger partial charge in [0, 0.05) is 5.39 Å². The first-order chi connectivity index (χ1) is 14.6. The highest BCUT2D eigenvalue weighted by atomic mass is 16.5. The average Bonchev–Trinajstić information content (AvgIpc) is 3.32. The molecule has 9 nitrogen and oxygen atoms in total. The van der Waals surface area contributed by atoms with E-state index in [1.165, 1.54) is 18.1 Å². The molecule has 0 atom stereocenters. The monoisotopic (exact) mass is 403 g/mol. The smallest absolute Gasteiger partial charge is 0.340 e. The average molecular weight is 403 g/mol. The van der Waals surface area contributed by atoms with E-state index < -0.39 is 11.9 Å². The third kappa shape index (κ3) is 3.60. The van der Waals surface area contributed by atoms with Crippen molar-refractivity contribution >= 4 is 22.8 Å². The van der Waals surface area contributed by atoms with Crippen molar-refractivity contribution in [2.45, 2.75) is 13.5 Å². The number of aromatic nitrogens is 5. The zero-order valence-corrected chi connectivity index (χ0v) is 16.3. The molecule has 0 saturated carbocycles. The van der Waals surface area contributed by atoms with E-state index in [2.05, 4.69) is 20.5 Å². The Morgan fingerprint density at radius 1 is 1.03 bits per heavy atom. The molecule has 2 aromatic carbocycles. The molecule has 0 unspecified atom stereocenters. The Labute approximate surface area is 171 Å². The summed E-state index contributed by atoms with van der Waals surface area (Å²) in [5.41, 5.74) is 3.14. The lowest BCUT2D eigenvalue weighted by Crippen LogP contribution is -2.14. The highest BCUT2D eigenvalue weighted by Crippen LogP contribution is 2.24. The van der Waals surface area contributed by atoms with Gasteiger partial charge >= 0.3 is 11.9 Å². The van der Waals surface area contributed by atoms with Crippen molar-refractivity contribution in [1.29, 1.82) is 0 Å². The molecule has 0 radical (unpaired) electrons. The van der Waals surface area contributed by atoms with Crippen LogP contribution in [0.15, 0.2) is 54.9 Å². The van der Waals surface area contributed by atoms with Gasteiger partial charge in [0.05, 0.1) is 35.1 Å². The minimum atomic E-state index is -0.540. The number of fused-ring (bicyclic) bond motifs is 1. The van der Waals surface area contributed by atoms with E-state index in [1.807, 2.05) is 31.2 Å². The Balaban J connectivity index is 1.58. The van der Waals surface area contributed by atoms with Crippen molar-refractivity contribution in [1.82, 2.24) is 25.2 Å². The summed E-state index contributed by atoms with van der Waals surface area (Å²) in [7, 11) is 1.30. The van der Waals surface area contributed by atoms with Crippen LogP contribution in [0, 0.1) is 6.92 Å². The number of carbonyl (C=O) groups excluding carboxylic acids is 2. The van der Waals surface area contributed by atoms with Gasteiger partial charge in [-0.3, -0.25) is 0 Å². The van der Waals surface area contributed by atoms with Crippen molar-refractivity contribution in [2.24, 2.45) is 0 Å². The Morgan fingerprint density at radius 3 is 2.50 bits per heavy atom. The molecule has 0 N–H and O–H groups in total. The standard InChI is InChI=1S/C21H17N5O4/c1-13-16-5-3-4-6-17(16)23-18(19(13)21(28)29-2)11-30-20(27)14-7-9-15(10-8-14)26-12-22-24-25-26/h3-10,12H,11H2,1-2H3. The van der Waals surface area contributed by atoms with Crippen molar-refractivity contribution in [3.05, 3.63) is 77.2 Å². The molecule has 0 fully saturated rings. The second kappa shape index (κ2) is 8.08. The van der Waals surface area contributed by atoms with Gasteiger partial charge in [0.1, 0.15) is 12.9 Å². The highest BCUT2D eigenvalue weighted by molar-refractivity contribution is 5.98. The fourth-order valence-corrected chi connectivity index (χ4v) is 3.17. The Bertz CT molecular complexity index is 1220. The zero-order chi connectivity index (χ0) is 21.1. The summed E-state index contributed by atoms with van der Waals surface area (Å²) in [5.74, 6) is -1.07. The van der Waals surface area contributed by atoms with E-state index in [-0.39, 0.29) is 6.61 Å². The molecule has 0 aliphatic heterocycles. The molecular weight excluding hydrogens is 386 g/mol. The maximum atomic E-state index is 12.5. The molecule has 0 saturated heterocycles. The molecule has 4 rings (SSSR count). The topological polar surface area (TPSA) is 109 Å². The maximum absolute atomic E-state index is 12.5. The van der Waals surface area contributed by atoms with E-state index in [1.54, 1.807) is 24.3 Å². The van der Waals surface area contributed by atoms with Crippen LogP contribution in [0.4, 0.5) is 0 Å². The fourth-order valence-electron chi connectivity index (χ4n) is 3.17. The van der Waals surface area contributed by atoms with Crippen LogP contribution >= 0.6 is 0 Å². The van der Waals surface area contributed by atoms with Gasteiger partial charge in [-0.15, -0.1) is 5.10 Å². The fraction of sp³-hybridized carbons (Fsp3) is 0.143. The molecule has 0 aliphatic rings. The minimum Gasteiger partial charge on any atom is -0.465 e. The molecule has 2 aromatic heterocycles. The molecule has 30 heavy (non-hydrogen) atoms. The summed E-state index contributed by atoms with van der Waals surface area (Å²) in [5, 5.41) is 11.8. The molecule has 4 aromatic rings. The number of rotatable bonds is 5. The van der Waals surface area contributed by atoms with Crippen LogP contribution in [0.5, 0.6) is 0 Å². The first kappa shape index (κ1) is 19.2. The summed E-state index contributed by atoms with van der Waals surface area (Å²) in [6.45, 7) is 1.66. The quantitative estimate of drug-likeness (QED) is 0.468. The van der Waals surface area contributed by atoms with Crippen LogP contribution in [-0.2, 0) is 16.1 Å². The normalized spacial score (nSPS) is 10.7. The van der Waals surface area contributed by atoms with Crippen LogP contribution in [0.1, 0.15) is 32.0 Å². The minimum absolute atomic E-state index is 0.163. The van der Waals surface area contributed by atoms with E-state index in [0.717, 1.165) is 10.9 Å². The molecule has 0 amide bonds. The van der Waals surface area contributed by atoms with Crippen molar-refractivity contribution in [3.8, 4) is 5.69 Å². The van der Waals surface area contributed by atoms with Gasteiger partial charge in [-0.05, 0) is 53.2 Å².